The van der Waals surface area contributed by atoms with Crippen LogP contribution in [0.2, 0.25) is 0 Å². The molecule has 41 heavy (non-hydrogen) atoms. The van der Waals surface area contributed by atoms with Crippen LogP contribution in [0.4, 0.5) is 0 Å². The highest BCUT2D eigenvalue weighted by molar-refractivity contribution is 6.38. The molecule has 1 N–H and O–H groups in total. The lowest BCUT2D eigenvalue weighted by molar-refractivity contribution is -0.141. The van der Waals surface area contributed by atoms with E-state index in [1.54, 1.807) is 31.2 Å². The molecule has 0 aliphatic rings. The van der Waals surface area contributed by atoms with Crippen LogP contribution in [-0.2, 0) is 32.0 Å². The number of carbonyl (C=O) groups is 5. The standard InChI is InChI=1S/C35H39NO5/c1-24(2)30(34(40)31(37)20-19-26-13-7-4-8-14-26)23-32(38)25(3)36-35(41)29(21-27-15-9-5-10-16-27)22-33(39)28-17-11-6-12-18-28/h4-18,24-25,29-30H,19-23H2,1-3H3,(H,36,41)/t25-,29+,30-/m0/s1. The first-order chi connectivity index (χ1) is 19.7. The Balaban J connectivity index is 1.64. The van der Waals surface area contributed by atoms with E-state index in [1.807, 2.05) is 80.6 Å². The fourth-order valence-electron chi connectivity index (χ4n) is 4.79. The smallest absolute Gasteiger partial charge is 0.224 e. The number of ketones is 4. The maximum atomic E-state index is 13.4. The maximum Gasteiger partial charge on any atom is 0.224 e. The van der Waals surface area contributed by atoms with Gasteiger partial charge >= 0.3 is 0 Å². The summed E-state index contributed by atoms with van der Waals surface area (Å²) in [6.07, 6.45) is 0.746. The van der Waals surface area contributed by atoms with Gasteiger partial charge in [0.25, 0.3) is 0 Å². The van der Waals surface area contributed by atoms with Crippen molar-refractivity contribution in [2.75, 3.05) is 0 Å². The number of hydrogen-bond donors (Lipinski definition) is 1. The molecule has 0 radical (unpaired) electrons. The van der Waals surface area contributed by atoms with E-state index in [2.05, 4.69) is 5.32 Å². The van der Waals surface area contributed by atoms with Crippen LogP contribution in [0.1, 0.15) is 61.5 Å². The Labute approximate surface area is 242 Å². The molecule has 0 saturated carbocycles. The number of nitrogens with one attached hydrogen (secondary N) is 1. The van der Waals surface area contributed by atoms with Crippen LogP contribution in [-0.4, -0.2) is 35.1 Å². The minimum absolute atomic E-state index is 0.00529. The number of aryl methyl sites for hydroxylation is 1. The zero-order chi connectivity index (χ0) is 29.8. The van der Waals surface area contributed by atoms with Crippen LogP contribution < -0.4 is 5.32 Å². The monoisotopic (exact) mass is 553 g/mol. The molecule has 214 valence electrons. The van der Waals surface area contributed by atoms with Gasteiger partial charge in [0.2, 0.25) is 11.7 Å². The number of Topliss-reactive ketones (excluding diaryl/α,β-unsaturated/α-hetero) is 4. The minimum Gasteiger partial charge on any atom is -0.346 e. The van der Waals surface area contributed by atoms with Crippen LogP contribution in [0.25, 0.3) is 0 Å². The Kier molecular flexibility index (Phi) is 11.9. The first kappa shape index (κ1) is 31.3. The molecule has 0 fully saturated rings. The number of amides is 1. The summed E-state index contributed by atoms with van der Waals surface area (Å²) in [6.45, 7) is 5.21. The molecule has 0 unspecified atom stereocenters. The van der Waals surface area contributed by atoms with Crippen molar-refractivity contribution >= 4 is 29.0 Å². The molecule has 3 rings (SSSR count). The lowest BCUT2D eigenvalue weighted by Crippen LogP contribution is -2.44. The number of benzene rings is 3. The Bertz CT molecular complexity index is 1320. The molecule has 0 aliphatic heterocycles. The molecule has 0 aliphatic carbocycles. The Hall–Kier alpha value is -4.19. The van der Waals surface area contributed by atoms with Gasteiger partial charge in [-0.15, -0.1) is 0 Å². The van der Waals surface area contributed by atoms with Crippen molar-refractivity contribution in [3.8, 4) is 0 Å². The SMILES string of the molecule is CC(C)[C@H](CC(=O)[C@H](C)NC(=O)[C@@H](CC(=O)c1ccccc1)Cc1ccccc1)C(=O)C(=O)CCc1ccccc1. The summed E-state index contributed by atoms with van der Waals surface area (Å²) < 4.78 is 0. The van der Waals surface area contributed by atoms with Crippen LogP contribution >= 0.6 is 0 Å². The molecular weight excluding hydrogens is 514 g/mol. The van der Waals surface area contributed by atoms with Gasteiger partial charge in [0.1, 0.15) is 0 Å². The van der Waals surface area contributed by atoms with E-state index in [0.29, 0.717) is 18.4 Å². The second-order valence-electron chi connectivity index (χ2n) is 10.9. The predicted octanol–water partition coefficient (Wildman–Crippen LogP) is 5.63. The summed E-state index contributed by atoms with van der Waals surface area (Å²) in [6, 6.07) is 26.8. The first-order valence-electron chi connectivity index (χ1n) is 14.2. The molecule has 0 aromatic heterocycles. The van der Waals surface area contributed by atoms with Gasteiger partial charge in [-0.25, -0.2) is 0 Å². The van der Waals surface area contributed by atoms with Gasteiger partial charge in [0.15, 0.2) is 17.3 Å². The average molecular weight is 554 g/mol. The summed E-state index contributed by atoms with van der Waals surface area (Å²) >= 11 is 0. The molecule has 0 bridgehead atoms. The second-order valence-corrected chi connectivity index (χ2v) is 10.9. The van der Waals surface area contributed by atoms with Crippen molar-refractivity contribution in [1.82, 2.24) is 5.32 Å². The molecule has 6 nitrogen and oxygen atoms in total. The molecular formula is C35H39NO5. The fourth-order valence-corrected chi connectivity index (χ4v) is 4.79. The van der Waals surface area contributed by atoms with Crippen molar-refractivity contribution < 1.29 is 24.0 Å². The number of hydrogen-bond acceptors (Lipinski definition) is 5. The van der Waals surface area contributed by atoms with Crippen molar-refractivity contribution in [3.63, 3.8) is 0 Å². The summed E-state index contributed by atoms with van der Waals surface area (Å²) in [7, 11) is 0. The van der Waals surface area contributed by atoms with Gasteiger partial charge in [-0.2, -0.15) is 0 Å². The average Bonchev–Trinajstić information content (AvgIpc) is 2.99. The van der Waals surface area contributed by atoms with E-state index in [4.69, 9.17) is 0 Å². The third kappa shape index (κ3) is 9.75. The van der Waals surface area contributed by atoms with Crippen molar-refractivity contribution in [2.24, 2.45) is 17.8 Å². The fraction of sp³-hybridized carbons (Fsp3) is 0.343. The Morgan fingerprint density at radius 3 is 1.78 bits per heavy atom. The second kappa shape index (κ2) is 15.6. The first-order valence-corrected chi connectivity index (χ1v) is 14.2. The van der Waals surface area contributed by atoms with Crippen LogP contribution in [0.5, 0.6) is 0 Å². The molecule has 0 spiro atoms. The third-order valence-corrected chi connectivity index (χ3v) is 7.39. The molecule has 6 heteroatoms. The van der Waals surface area contributed by atoms with Gasteiger partial charge in [0, 0.05) is 36.7 Å². The quantitative estimate of drug-likeness (QED) is 0.183. The normalized spacial score (nSPS) is 13.2. The van der Waals surface area contributed by atoms with Crippen LogP contribution in [0.15, 0.2) is 91.0 Å². The highest BCUT2D eigenvalue weighted by atomic mass is 16.2. The predicted molar refractivity (Wildman–Crippen MR) is 159 cm³/mol. The lowest BCUT2D eigenvalue weighted by Gasteiger charge is -2.23. The molecule has 0 saturated heterocycles. The van der Waals surface area contributed by atoms with Crippen molar-refractivity contribution in [1.29, 1.82) is 0 Å². The zero-order valence-electron chi connectivity index (χ0n) is 24.0. The minimum atomic E-state index is -0.874. The summed E-state index contributed by atoms with van der Waals surface area (Å²) in [5, 5.41) is 2.78. The summed E-state index contributed by atoms with van der Waals surface area (Å²) in [4.78, 5) is 65.2. The van der Waals surface area contributed by atoms with Gasteiger partial charge in [-0.3, -0.25) is 24.0 Å². The molecule has 3 aromatic carbocycles. The Morgan fingerprint density at radius 2 is 1.22 bits per heavy atom. The van der Waals surface area contributed by atoms with Crippen molar-refractivity contribution in [2.45, 2.75) is 58.9 Å². The molecule has 3 atom stereocenters. The molecule has 0 heterocycles. The van der Waals surface area contributed by atoms with E-state index >= 15 is 0 Å². The van der Waals surface area contributed by atoms with Crippen LogP contribution in [0, 0.1) is 17.8 Å². The number of rotatable bonds is 16. The Morgan fingerprint density at radius 1 is 0.683 bits per heavy atom. The lowest BCUT2D eigenvalue weighted by atomic mass is 9.83. The van der Waals surface area contributed by atoms with E-state index < -0.39 is 35.4 Å². The molecule has 3 aromatic rings. The molecule has 1 amide bonds. The van der Waals surface area contributed by atoms with Crippen LogP contribution in [0.3, 0.4) is 0 Å². The van der Waals surface area contributed by atoms with Crippen molar-refractivity contribution in [3.05, 3.63) is 108 Å². The topological polar surface area (TPSA) is 97.4 Å². The highest BCUT2D eigenvalue weighted by Crippen LogP contribution is 2.21. The van der Waals surface area contributed by atoms with Gasteiger partial charge < -0.3 is 5.32 Å². The van der Waals surface area contributed by atoms with E-state index in [1.165, 1.54) is 0 Å². The van der Waals surface area contributed by atoms with Gasteiger partial charge in [-0.05, 0) is 36.8 Å². The highest BCUT2D eigenvalue weighted by Gasteiger charge is 2.32. The zero-order valence-corrected chi connectivity index (χ0v) is 24.0. The van der Waals surface area contributed by atoms with E-state index in [9.17, 15) is 24.0 Å². The summed E-state index contributed by atoms with van der Waals surface area (Å²) in [5.74, 6) is -3.56. The third-order valence-electron chi connectivity index (χ3n) is 7.39. The van der Waals surface area contributed by atoms with Gasteiger partial charge in [-0.1, -0.05) is 105 Å². The largest absolute Gasteiger partial charge is 0.346 e. The van der Waals surface area contributed by atoms with E-state index in [0.717, 1.165) is 11.1 Å². The maximum absolute atomic E-state index is 13.4. The van der Waals surface area contributed by atoms with E-state index in [-0.39, 0.29) is 36.7 Å². The van der Waals surface area contributed by atoms with Gasteiger partial charge in [0.05, 0.1) is 6.04 Å². The number of carbonyl (C=O) groups excluding carboxylic acids is 5. The summed E-state index contributed by atoms with van der Waals surface area (Å²) in [5.41, 5.74) is 2.41.